The van der Waals surface area contributed by atoms with E-state index in [1.54, 1.807) is 19.2 Å². The number of rotatable bonds is 9. The van der Waals surface area contributed by atoms with E-state index < -0.39 is 0 Å². The van der Waals surface area contributed by atoms with Crippen molar-refractivity contribution >= 4 is 27.5 Å². The molecule has 0 heterocycles. The maximum atomic E-state index is 12.3. The lowest BCUT2D eigenvalue weighted by Gasteiger charge is -2.13. The first-order valence-electron chi connectivity index (χ1n) is 7.93. The number of halogens is 1. The molecule has 0 radical (unpaired) electrons. The Kier molecular flexibility index (Phi) is 8.69. The van der Waals surface area contributed by atoms with Crippen LogP contribution in [-0.2, 0) is 0 Å². The van der Waals surface area contributed by atoms with Gasteiger partial charge in [0, 0.05) is 11.3 Å². The highest BCUT2D eigenvalue weighted by Crippen LogP contribution is 2.36. The number of carbonyl (C=O) groups is 1. The lowest BCUT2D eigenvalue weighted by Crippen LogP contribution is -2.20. The molecular formula is C17H25BrN2O3. The van der Waals surface area contributed by atoms with Gasteiger partial charge in [0.05, 0.1) is 18.2 Å². The van der Waals surface area contributed by atoms with Crippen LogP contribution in [0.1, 0.15) is 56.8 Å². The second kappa shape index (κ2) is 10.3. The molecule has 0 atom stereocenters. The maximum Gasteiger partial charge on any atom is 0.271 e. The number of nitrogens with zero attached hydrogens (tertiary/aromatic N) is 1. The molecule has 23 heavy (non-hydrogen) atoms. The van der Waals surface area contributed by atoms with Gasteiger partial charge in [-0.15, -0.1) is 0 Å². The molecular weight excluding hydrogens is 360 g/mol. The molecule has 0 unspecified atom stereocenters. The number of hydrazone groups is 1. The van der Waals surface area contributed by atoms with E-state index in [0.717, 1.165) is 31.4 Å². The molecule has 0 aromatic heterocycles. The molecule has 0 saturated heterocycles. The summed E-state index contributed by atoms with van der Waals surface area (Å²) in [4.78, 5) is 12.3. The van der Waals surface area contributed by atoms with Gasteiger partial charge in [-0.2, -0.15) is 5.10 Å². The minimum atomic E-state index is -0.267. The van der Waals surface area contributed by atoms with Crippen molar-refractivity contribution in [1.82, 2.24) is 5.43 Å². The van der Waals surface area contributed by atoms with Crippen molar-refractivity contribution in [2.24, 2.45) is 5.10 Å². The van der Waals surface area contributed by atoms with Crippen LogP contribution < -0.4 is 14.9 Å². The average Bonchev–Trinajstić information content (AvgIpc) is 2.54. The largest absolute Gasteiger partial charge is 0.493 e. The second-order valence-corrected chi connectivity index (χ2v) is 5.90. The zero-order valence-corrected chi connectivity index (χ0v) is 15.8. The van der Waals surface area contributed by atoms with Gasteiger partial charge < -0.3 is 9.47 Å². The van der Waals surface area contributed by atoms with E-state index in [1.165, 1.54) is 0 Å². The second-order valence-electron chi connectivity index (χ2n) is 5.04. The van der Waals surface area contributed by atoms with Crippen LogP contribution in [0.15, 0.2) is 21.7 Å². The molecule has 1 aromatic carbocycles. The fourth-order valence-corrected chi connectivity index (χ4v) is 2.70. The van der Waals surface area contributed by atoms with Crippen LogP contribution in [0, 0.1) is 0 Å². The molecule has 0 aliphatic carbocycles. The van der Waals surface area contributed by atoms with Crippen molar-refractivity contribution in [1.29, 1.82) is 0 Å². The van der Waals surface area contributed by atoms with Crippen LogP contribution in [0.25, 0.3) is 0 Å². The van der Waals surface area contributed by atoms with Gasteiger partial charge in [0.25, 0.3) is 5.91 Å². The lowest BCUT2D eigenvalue weighted by molar-refractivity contribution is 0.0954. The number of benzene rings is 1. The normalized spacial score (nSPS) is 10.1. The van der Waals surface area contributed by atoms with Gasteiger partial charge in [-0.1, -0.05) is 26.7 Å². The van der Waals surface area contributed by atoms with Crippen LogP contribution in [0.2, 0.25) is 0 Å². The Labute approximate surface area is 146 Å². The third kappa shape index (κ3) is 5.86. The lowest BCUT2D eigenvalue weighted by atomic mass is 10.1. The summed E-state index contributed by atoms with van der Waals surface area (Å²) in [5.41, 5.74) is 4.11. The monoisotopic (exact) mass is 384 g/mol. The molecule has 0 bridgehead atoms. The van der Waals surface area contributed by atoms with Gasteiger partial charge >= 0.3 is 0 Å². The topological polar surface area (TPSA) is 59.9 Å². The van der Waals surface area contributed by atoms with Crippen molar-refractivity contribution < 1.29 is 14.3 Å². The molecule has 5 nitrogen and oxygen atoms in total. The number of amides is 1. The summed E-state index contributed by atoms with van der Waals surface area (Å²) >= 11 is 3.42. The fourth-order valence-electron chi connectivity index (χ4n) is 2.14. The quantitative estimate of drug-likeness (QED) is 0.501. The first kappa shape index (κ1) is 19.5. The van der Waals surface area contributed by atoms with Crippen molar-refractivity contribution in [3.8, 4) is 11.5 Å². The van der Waals surface area contributed by atoms with E-state index in [9.17, 15) is 4.79 Å². The smallest absolute Gasteiger partial charge is 0.271 e. The van der Waals surface area contributed by atoms with E-state index >= 15 is 0 Å². The number of ether oxygens (including phenoxy) is 2. The molecule has 128 valence electrons. The maximum absolute atomic E-state index is 12.3. The zero-order chi connectivity index (χ0) is 17.2. The minimum Gasteiger partial charge on any atom is -0.493 e. The SMILES string of the molecule is CCCC(CCC)=NNC(=O)c1cc(Br)c(OCC)c(OC)c1. The van der Waals surface area contributed by atoms with Gasteiger partial charge in [0.15, 0.2) is 11.5 Å². The van der Waals surface area contributed by atoms with Crippen molar-refractivity contribution in [2.45, 2.75) is 46.5 Å². The van der Waals surface area contributed by atoms with Crippen LogP contribution in [0.3, 0.4) is 0 Å². The standard InChI is InChI=1S/C17H25BrN2O3/c1-5-8-13(9-6-2)19-20-17(21)12-10-14(18)16(23-7-3)15(11-12)22-4/h10-11H,5-9H2,1-4H3,(H,20,21). The summed E-state index contributed by atoms with van der Waals surface area (Å²) in [6.45, 7) is 6.61. The zero-order valence-electron chi connectivity index (χ0n) is 14.2. The first-order chi connectivity index (χ1) is 11.1. The number of methoxy groups -OCH3 is 1. The molecule has 6 heteroatoms. The van der Waals surface area contributed by atoms with Crippen molar-refractivity contribution in [2.75, 3.05) is 13.7 Å². The molecule has 0 aliphatic rings. The summed E-state index contributed by atoms with van der Waals surface area (Å²) in [5, 5.41) is 4.25. The molecule has 1 amide bonds. The Bertz CT molecular complexity index is 551. The Morgan fingerprint density at radius 3 is 2.39 bits per heavy atom. The number of carbonyl (C=O) groups excluding carboxylic acids is 1. The predicted molar refractivity (Wildman–Crippen MR) is 96.6 cm³/mol. The molecule has 0 fully saturated rings. The van der Waals surface area contributed by atoms with Gasteiger partial charge in [0.2, 0.25) is 0 Å². The minimum absolute atomic E-state index is 0.267. The highest BCUT2D eigenvalue weighted by Gasteiger charge is 2.15. The Balaban J connectivity index is 2.95. The fraction of sp³-hybridized carbons (Fsp3) is 0.529. The summed E-state index contributed by atoms with van der Waals surface area (Å²) in [6.07, 6.45) is 3.81. The highest BCUT2D eigenvalue weighted by atomic mass is 79.9. The average molecular weight is 385 g/mol. The van der Waals surface area contributed by atoms with Crippen molar-refractivity contribution in [3.05, 3.63) is 22.2 Å². The first-order valence-corrected chi connectivity index (χ1v) is 8.72. The molecule has 0 spiro atoms. The van der Waals surface area contributed by atoms with Gasteiger partial charge in [0.1, 0.15) is 0 Å². The van der Waals surface area contributed by atoms with E-state index in [4.69, 9.17) is 9.47 Å². The predicted octanol–water partition coefficient (Wildman–Crippen LogP) is 4.54. The molecule has 0 aliphatic heterocycles. The van der Waals surface area contributed by atoms with Crippen LogP contribution in [0.4, 0.5) is 0 Å². The number of nitrogens with one attached hydrogen (secondary N) is 1. The van der Waals surface area contributed by atoms with E-state index in [1.807, 2.05) is 6.92 Å². The Morgan fingerprint density at radius 2 is 1.87 bits per heavy atom. The molecule has 1 aromatic rings. The van der Waals surface area contributed by atoms with Gasteiger partial charge in [-0.3, -0.25) is 4.79 Å². The molecule has 1 rings (SSSR count). The highest BCUT2D eigenvalue weighted by molar-refractivity contribution is 9.10. The summed E-state index contributed by atoms with van der Waals surface area (Å²) < 4.78 is 11.5. The van der Waals surface area contributed by atoms with E-state index in [-0.39, 0.29) is 5.91 Å². The Hall–Kier alpha value is -1.56. The summed E-state index contributed by atoms with van der Waals surface area (Å²) in [5.74, 6) is 0.835. The Morgan fingerprint density at radius 1 is 1.22 bits per heavy atom. The van der Waals surface area contributed by atoms with E-state index in [2.05, 4.69) is 40.3 Å². The summed E-state index contributed by atoms with van der Waals surface area (Å²) in [7, 11) is 1.55. The van der Waals surface area contributed by atoms with Gasteiger partial charge in [-0.05, 0) is 47.8 Å². The van der Waals surface area contributed by atoms with Crippen LogP contribution in [-0.4, -0.2) is 25.3 Å². The van der Waals surface area contributed by atoms with Crippen LogP contribution >= 0.6 is 15.9 Å². The van der Waals surface area contributed by atoms with E-state index in [0.29, 0.717) is 28.1 Å². The number of hydrogen-bond acceptors (Lipinski definition) is 4. The molecule has 0 saturated carbocycles. The van der Waals surface area contributed by atoms with Crippen molar-refractivity contribution in [3.63, 3.8) is 0 Å². The molecule has 1 N–H and O–H groups in total. The number of hydrogen-bond donors (Lipinski definition) is 1. The summed E-state index contributed by atoms with van der Waals surface area (Å²) in [6, 6.07) is 3.36. The third-order valence-corrected chi connectivity index (χ3v) is 3.76. The van der Waals surface area contributed by atoms with Crippen LogP contribution in [0.5, 0.6) is 11.5 Å². The van der Waals surface area contributed by atoms with Gasteiger partial charge in [-0.25, -0.2) is 5.43 Å². The third-order valence-electron chi connectivity index (χ3n) is 3.17.